The predicted molar refractivity (Wildman–Crippen MR) is 75.8 cm³/mol. The van der Waals surface area contributed by atoms with E-state index < -0.39 is 28.8 Å². The number of pyridine rings is 1. The molecule has 0 amide bonds. The fourth-order valence-electron chi connectivity index (χ4n) is 1.59. The van der Waals surface area contributed by atoms with E-state index in [-0.39, 0.29) is 5.56 Å². The van der Waals surface area contributed by atoms with E-state index in [0.717, 1.165) is 12.3 Å². The lowest BCUT2D eigenvalue weighted by Crippen LogP contribution is -2.36. The lowest BCUT2D eigenvalue weighted by molar-refractivity contribution is -0.385. The molecule has 2 rings (SSSR count). The van der Waals surface area contributed by atoms with E-state index in [0.29, 0.717) is 5.69 Å². The second-order valence-electron chi connectivity index (χ2n) is 4.56. The minimum absolute atomic E-state index is 0.182. The van der Waals surface area contributed by atoms with Crippen molar-refractivity contribution in [3.05, 3.63) is 45.9 Å². The monoisotopic (exact) mass is 341 g/mol. The Morgan fingerprint density at radius 2 is 2.17 bits per heavy atom. The molecule has 24 heavy (non-hydrogen) atoms. The van der Waals surface area contributed by atoms with Gasteiger partial charge in [-0.15, -0.1) is 0 Å². The Morgan fingerprint density at radius 1 is 1.46 bits per heavy atom. The van der Waals surface area contributed by atoms with Gasteiger partial charge >= 0.3 is 6.18 Å². The van der Waals surface area contributed by atoms with Crippen LogP contribution in [0.3, 0.4) is 0 Å². The molecule has 0 spiro atoms. The molecule has 0 aromatic carbocycles. The molecule has 2 N–H and O–H groups in total. The SMILES string of the molecule is Cn1ccc(C#Cc2cc([N+](=O)[O-])cnc2NC(O)C(F)(F)F)n1. The third kappa shape index (κ3) is 4.20. The first-order valence-electron chi connectivity index (χ1n) is 6.34. The van der Waals surface area contributed by atoms with Crippen LogP contribution in [0.5, 0.6) is 0 Å². The van der Waals surface area contributed by atoms with Crippen molar-refractivity contribution < 1.29 is 23.2 Å². The van der Waals surface area contributed by atoms with Crippen molar-refractivity contribution in [2.45, 2.75) is 12.4 Å². The summed E-state index contributed by atoms with van der Waals surface area (Å²) in [6, 6.07) is 2.50. The summed E-state index contributed by atoms with van der Waals surface area (Å²) >= 11 is 0. The number of nitro groups is 1. The molecule has 2 aromatic rings. The first-order chi connectivity index (χ1) is 11.2. The van der Waals surface area contributed by atoms with Crippen molar-refractivity contribution in [1.82, 2.24) is 14.8 Å². The summed E-state index contributed by atoms with van der Waals surface area (Å²) in [5.41, 5.74) is -0.322. The quantitative estimate of drug-likeness (QED) is 0.378. The number of halogens is 3. The van der Waals surface area contributed by atoms with Gasteiger partial charge < -0.3 is 10.4 Å². The van der Waals surface area contributed by atoms with Crippen molar-refractivity contribution >= 4 is 11.5 Å². The van der Waals surface area contributed by atoms with Crippen LogP contribution in [0.1, 0.15) is 11.3 Å². The standard InChI is InChI=1S/C13H10F3N5O3/c1-20-5-4-9(19-20)3-2-8-6-10(21(23)24)7-17-11(8)18-12(22)13(14,15)16/h4-7,12,22H,1H3,(H,17,18). The lowest BCUT2D eigenvalue weighted by atomic mass is 10.2. The number of nitrogens with zero attached hydrogens (tertiary/aromatic N) is 4. The summed E-state index contributed by atoms with van der Waals surface area (Å²) in [5, 5.41) is 25.5. The number of anilines is 1. The van der Waals surface area contributed by atoms with E-state index in [9.17, 15) is 23.3 Å². The van der Waals surface area contributed by atoms with Crippen LogP contribution in [0.25, 0.3) is 0 Å². The molecule has 1 unspecified atom stereocenters. The van der Waals surface area contributed by atoms with E-state index >= 15 is 0 Å². The van der Waals surface area contributed by atoms with Gasteiger partial charge in [0.2, 0.25) is 6.23 Å². The Kier molecular flexibility index (Phi) is 4.70. The van der Waals surface area contributed by atoms with Gasteiger partial charge in [0.1, 0.15) is 17.7 Å². The number of aromatic nitrogens is 3. The van der Waals surface area contributed by atoms with Gasteiger partial charge in [-0.3, -0.25) is 14.8 Å². The summed E-state index contributed by atoms with van der Waals surface area (Å²) in [4.78, 5) is 13.5. The van der Waals surface area contributed by atoms with Crippen LogP contribution in [-0.2, 0) is 7.05 Å². The van der Waals surface area contributed by atoms with Crippen LogP contribution in [0.2, 0.25) is 0 Å². The normalized spacial score (nSPS) is 12.2. The average molecular weight is 341 g/mol. The molecule has 0 saturated carbocycles. The van der Waals surface area contributed by atoms with Crippen molar-refractivity contribution in [3.63, 3.8) is 0 Å². The summed E-state index contributed by atoms with van der Waals surface area (Å²) in [7, 11) is 1.65. The molecule has 0 aliphatic carbocycles. The minimum Gasteiger partial charge on any atom is -0.366 e. The number of alkyl halides is 3. The number of hydrogen-bond acceptors (Lipinski definition) is 6. The number of aryl methyl sites for hydroxylation is 1. The number of rotatable bonds is 3. The molecule has 11 heteroatoms. The molecule has 0 fully saturated rings. The van der Waals surface area contributed by atoms with Crippen molar-refractivity contribution in [1.29, 1.82) is 0 Å². The summed E-state index contributed by atoms with van der Waals surface area (Å²) < 4.78 is 38.8. The highest BCUT2D eigenvalue weighted by atomic mass is 19.4. The summed E-state index contributed by atoms with van der Waals surface area (Å²) in [5.74, 6) is 4.58. The molecule has 0 aliphatic heterocycles. The number of aliphatic hydroxyl groups excluding tert-OH is 1. The molecular formula is C13H10F3N5O3. The predicted octanol–water partition coefficient (Wildman–Crippen LogP) is 1.42. The Hall–Kier alpha value is -3.13. The number of hydrogen-bond donors (Lipinski definition) is 2. The molecule has 0 saturated heterocycles. The smallest absolute Gasteiger partial charge is 0.366 e. The van der Waals surface area contributed by atoms with Crippen LogP contribution in [0, 0.1) is 22.0 Å². The third-order valence-electron chi connectivity index (χ3n) is 2.71. The second-order valence-corrected chi connectivity index (χ2v) is 4.56. The minimum atomic E-state index is -4.94. The Morgan fingerprint density at radius 3 is 2.71 bits per heavy atom. The maximum atomic E-state index is 12.4. The number of aliphatic hydroxyl groups is 1. The zero-order chi connectivity index (χ0) is 17.9. The highest BCUT2D eigenvalue weighted by Crippen LogP contribution is 2.24. The Balaban J connectivity index is 2.40. The topological polar surface area (TPSA) is 106 Å². The zero-order valence-corrected chi connectivity index (χ0v) is 12.1. The van der Waals surface area contributed by atoms with Gasteiger partial charge in [-0.2, -0.15) is 18.3 Å². The van der Waals surface area contributed by atoms with E-state index in [1.807, 2.05) is 0 Å². The number of nitrogens with one attached hydrogen (secondary N) is 1. The first kappa shape index (κ1) is 17.2. The van der Waals surface area contributed by atoms with Gasteiger partial charge in [-0.1, -0.05) is 5.92 Å². The maximum Gasteiger partial charge on any atom is 0.433 e. The third-order valence-corrected chi connectivity index (χ3v) is 2.71. The van der Waals surface area contributed by atoms with Gasteiger partial charge in [0, 0.05) is 19.3 Å². The molecule has 2 aromatic heterocycles. The fourth-order valence-corrected chi connectivity index (χ4v) is 1.59. The van der Waals surface area contributed by atoms with Crippen LogP contribution in [0.4, 0.5) is 24.7 Å². The highest BCUT2D eigenvalue weighted by molar-refractivity contribution is 5.58. The van der Waals surface area contributed by atoms with Gasteiger partial charge in [-0.05, 0) is 12.0 Å². The molecule has 8 nitrogen and oxygen atoms in total. The van der Waals surface area contributed by atoms with Gasteiger partial charge in [-0.25, -0.2) is 4.98 Å². The summed E-state index contributed by atoms with van der Waals surface area (Å²) in [6.07, 6.45) is -5.46. The highest BCUT2D eigenvalue weighted by Gasteiger charge is 2.39. The largest absolute Gasteiger partial charge is 0.433 e. The van der Waals surface area contributed by atoms with Crippen LogP contribution in [-0.4, -0.2) is 37.2 Å². The Labute approximate surface area is 133 Å². The van der Waals surface area contributed by atoms with E-state index in [1.54, 1.807) is 24.6 Å². The lowest BCUT2D eigenvalue weighted by Gasteiger charge is -2.17. The van der Waals surface area contributed by atoms with E-state index in [2.05, 4.69) is 21.9 Å². The molecule has 1 atom stereocenters. The molecule has 0 bridgehead atoms. The maximum absolute atomic E-state index is 12.4. The average Bonchev–Trinajstić information content (AvgIpc) is 2.90. The molecule has 0 radical (unpaired) electrons. The Bertz CT molecular complexity index is 822. The van der Waals surface area contributed by atoms with Crippen LogP contribution in [0.15, 0.2) is 24.5 Å². The zero-order valence-electron chi connectivity index (χ0n) is 12.1. The molecule has 2 heterocycles. The fraction of sp³-hybridized carbons (Fsp3) is 0.231. The van der Waals surface area contributed by atoms with Crippen molar-refractivity contribution in [3.8, 4) is 11.8 Å². The van der Waals surface area contributed by atoms with Crippen molar-refractivity contribution in [2.75, 3.05) is 5.32 Å². The summed E-state index contributed by atoms with van der Waals surface area (Å²) in [6.45, 7) is 0. The first-order valence-corrected chi connectivity index (χ1v) is 6.34. The van der Waals surface area contributed by atoms with E-state index in [4.69, 9.17) is 5.11 Å². The molecule has 126 valence electrons. The van der Waals surface area contributed by atoms with Crippen molar-refractivity contribution in [2.24, 2.45) is 7.05 Å². The van der Waals surface area contributed by atoms with Gasteiger partial charge in [0.15, 0.2) is 0 Å². The van der Waals surface area contributed by atoms with Crippen LogP contribution >= 0.6 is 0 Å². The van der Waals surface area contributed by atoms with Gasteiger partial charge in [0.05, 0.1) is 10.5 Å². The van der Waals surface area contributed by atoms with Crippen LogP contribution < -0.4 is 5.32 Å². The molecule has 0 aliphatic rings. The van der Waals surface area contributed by atoms with E-state index in [1.165, 1.54) is 4.68 Å². The van der Waals surface area contributed by atoms with Gasteiger partial charge in [0.25, 0.3) is 5.69 Å². The molecular weight excluding hydrogens is 331 g/mol. The second kappa shape index (κ2) is 6.55.